The van der Waals surface area contributed by atoms with E-state index in [4.69, 9.17) is 5.73 Å². The molecule has 0 spiro atoms. The molecule has 6 nitrogen and oxygen atoms in total. The van der Waals surface area contributed by atoms with E-state index in [9.17, 15) is 4.79 Å². The zero-order chi connectivity index (χ0) is 13.1. The molecule has 2 rings (SSSR count). The molecule has 2 aromatic rings. The number of nitrogen functional groups attached to an aromatic ring is 1. The summed E-state index contributed by atoms with van der Waals surface area (Å²) in [6.45, 7) is 4.09. The molecule has 0 bridgehead atoms. The molecular formula is C11H15N5OS. The number of carbonyl (C=O) groups excluding carboxylic acids is 1. The molecular weight excluding hydrogens is 250 g/mol. The lowest BCUT2D eigenvalue weighted by molar-refractivity contribution is -0.124. The molecule has 0 aliphatic carbocycles. The maximum atomic E-state index is 12.0. The second-order valence-electron chi connectivity index (χ2n) is 3.95. The SMILES string of the molecule is Cc1nccn1C(C)C(=O)NCc1csc(N)n1. The number of aromatic nitrogens is 3. The van der Waals surface area contributed by atoms with E-state index >= 15 is 0 Å². The van der Waals surface area contributed by atoms with Gasteiger partial charge in [-0.2, -0.15) is 0 Å². The lowest BCUT2D eigenvalue weighted by Gasteiger charge is -2.14. The molecule has 0 radical (unpaired) electrons. The van der Waals surface area contributed by atoms with Crippen molar-refractivity contribution in [2.45, 2.75) is 26.4 Å². The lowest BCUT2D eigenvalue weighted by atomic mass is 10.3. The molecule has 2 heterocycles. The number of hydrogen-bond acceptors (Lipinski definition) is 5. The van der Waals surface area contributed by atoms with Gasteiger partial charge in [0.15, 0.2) is 5.13 Å². The largest absolute Gasteiger partial charge is 0.375 e. The van der Waals surface area contributed by atoms with Gasteiger partial charge in [0.1, 0.15) is 11.9 Å². The van der Waals surface area contributed by atoms with E-state index in [1.807, 2.05) is 23.8 Å². The van der Waals surface area contributed by atoms with Gasteiger partial charge in [0.2, 0.25) is 5.91 Å². The van der Waals surface area contributed by atoms with Crippen LogP contribution in [0, 0.1) is 6.92 Å². The first-order valence-electron chi connectivity index (χ1n) is 5.55. The van der Waals surface area contributed by atoms with Crippen LogP contribution < -0.4 is 11.1 Å². The standard InChI is InChI=1S/C11H15N5OS/c1-7(16-4-3-13-8(16)2)10(17)14-5-9-6-18-11(12)15-9/h3-4,6-7H,5H2,1-2H3,(H2,12,15)(H,14,17). The van der Waals surface area contributed by atoms with Gasteiger partial charge in [0.05, 0.1) is 12.2 Å². The van der Waals surface area contributed by atoms with Crippen molar-refractivity contribution in [2.24, 2.45) is 0 Å². The summed E-state index contributed by atoms with van der Waals surface area (Å²) in [5, 5.41) is 5.18. The second-order valence-corrected chi connectivity index (χ2v) is 4.84. The number of nitrogens with two attached hydrogens (primary N) is 1. The maximum Gasteiger partial charge on any atom is 0.243 e. The molecule has 1 atom stereocenters. The van der Waals surface area contributed by atoms with Gasteiger partial charge in [-0.15, -0.1) is 11.3 Å². The van der Waals surface area contributed by atoms with Crippen LogP contribution in [0.4, 0.5) is 5.13 Å². The van der Waals surface area contributed by atoms with Gasteiger partial charge in [0.25, 0.3) is 0 Å². The summed E-state index contributed by atoms with van der Waals surface area (Å²) >= 11 is 1.36. The summed E-state index contributed by atoms with van der Waals surface area (Å²) in [5.74, 6) is 0.748. The Balaban J connectivity index is 1.94. The normalized spacial score (nSPS) is 12.3. The summed E-state index contributed by atoms with van der Waals surface area (Å²) < 4.78 is 1.82. The minimum absolute atomic E-state index is 0.0670. The Kier molecular flexibility index (Phi) is 3.61. The first kappa shape index (κ1) is 12.6. The van der Waals surface area contributed by atoms with Crippen LogP contribution >= 0.6 is 11.3 Å². The van der Waals surface area contributed by atoms with E-state index < -0.39 is 0 Å². The minimum Gasteiger partial charge on any atom is -0.375 e. The highest BCUT2D eigenvalue weighted by molar-refractivity contribution is 7.13. The molecule has 3 N–H and O–H groups in total. The van der Waals surface area contributed by atoms with Crippen molar-refractivity contribution < 1.29 is 4.79 Å². The van der Waals surface area contributed by atoms with E-state index in [1.54, 1.807) is 12.4 Å². The van der Waals surface area contributed by atoms with Crippen LogP contribution in [0.2, 0.25) is 0 Å². The number of nitrogens with zero attached hydrogens (tertiary/aromatic N) is 3. The molecule has 0 aromatic carbocycles. The molecule has 0 fully saturated rings. The fourth-order valence-electron chi connectivity index (χ4n) is 1.65. The highest BCUT2D eigenvalue weighted by Crippen LogP contribution is 2.12. The first-order chi connectivity index (χ1) is 8.58. The fourth-order valence-corrected chi connectivity index (χ4v) is 2.22. The van der Waals surface area contributed by atoms with E-state index in [1.165, 1.54) is 11.3 Å². The van der Waals surface area contributed by atoms with E-state index in [-0.39, 0.29) is 11.9 Å². The number of imidazole rings is 1. The number of aryl methyl sites for hydroxylation is 1. The number of nitrogens with one attached hydrogen (secondary N) is 1. The summed E-state index contributed by atoms with van der Waals surface area (Å²) in [6.07, 6.45) is 3.47. The zero-order valence-electron chi connectivity index (χ0n) is 10.3. The Morgan fingerprint density at radius 3 is 3.00 bits per heavy atom. The van der Waals surface area contributed by atoms with Crippen LogP contribution in [0.5, 0.6) is 0 Å². The Labute approximate surface area is 109 Å². The first-order valence-corrected chi connectivity index (χ1v) is 6.43. The lowest BCUT2D eigenvalue weighted by Crippen LogP contribution is -2.30. The summed E-state index contributed by atoms with van der Waals surface area (Å²) in [6, 6.07) is -0.288. The van der Waals surface area contributed by atoms with Crippen LogP contribution in [-0.2, 0) is 11.3 Å². The molecule has 1 unspecified atom stereocenters. The van der Waals surface area contributed by atoms with E-state index in [2.05, 4.69) is 15.3 Å². The van der Waals surface area contributed by atoms with Crippen LogP contribution in [0.3, 0.4) is 0 Å². The molecule has 1 amide bonds. The number of rotatable bonds is 4. The van der Waals surface area contributed by atoms with Crippen LogP contribution in [0.15, 0.2) is 17.8 Å². The van der Waals surface area contributed by atoms with E-state index in [0.717, 1.165) is 11.5 Å². The number of carbonyl (C=O) groups is 1. The molecule has 0 saturated heterocycles. The van der Waals surface area contributed by atoms with Crippen molar-refractivity contribution in [2.75, 3.05) is 5.73 Å². The van der Waals surface area contributed by atoms with Crippen molar-refractivity contribution in [3.05, 3.63) is 29.3 Å². The van der Waals surface area contributed by atoms with Crippen LogP contribution in [0.1, 0.15) is 24.5 Å². The average molecular weight is 265 g/mol. The summed E-state index contributed by atoms with van der Waals surface area (Å²) in [7, 11) is 0. The zero-order valence-corrected chi connectivity index (χ0v) is 11.1. The Morgan fingerprint density at radius 2 is 2.44 bits per heavy atom. The van der Waals surface area contributed by atoms with Gasteiger partial charge in [-0.3, -0.25) is 4.79 Å². The maximum absolute atomic E-state index is 12.0. The van der Waals surface area contributed by atoms with Gasteiger partial charge in [-0.1, -0.05) is 0 Å². The van der Waals surface area contributed by atoms with E-state index in [0.29, 0.717) is 11.7 Å². The fraction of sp³-hybridized carbons (Fsp3) is 0.364. The number of anilines is 1. The molecule has 0 aliphatic heterocycles. The van der Waals surface area contributed by atoms with Crippen molar-refractivity contribution in [3.8, 4) is 0 Å². The molecule has 18 heavy (non-hydrogen) atoms. The van der Waals surface area contributed by atoms with Gasteiger partial charge in [-0.25, -0.2) is 9.97 Å². The molecule has 7 heteroatoms. The van der Waals surface area contributed by atoms with Gasteiger partial charge < -0.3 is 15.6 Å². The van der Waals surface area contributed by atoms with Crippen molar-refractivity contribution in [1.82, 2.24) is 19.9 Å². The molecule has 0 saturated carbocycles. The molecule has 2 aromatic heterocycles. The van der Waals surface area contributed by atoms with Crippen molar-refractivity contribution >= 4 is 22.4 Å². The topological polar surface area (TPSA) is 85.8 Å². The van der Waals surface area contributed by atoms with Crippen molar-refractivity contribution in [1.29, 1.82) is 0 Å². The van der Waals surface area contributed by atoms with Crippen LogP contribution in [-0.4, -0.2) is 20.4 Å². The number of thiazole rings is 1. The third-order valence-electron chi connectivity index (χ3n) is 2.67. The van der Waals surface area contributed by atoms with Gasteiger partial charge in [-0.05, 0) is 13.8 Å². The van der Waals surface area contributed by atoms with Gasteiger partial charge >= 0.3 is 0 Å². The molecule has 0 aliphatic rings. The summed E-state index contributed by atoms with van der Waals surface area (Å²) in [4.78, 5) is 20.1. The third-order valence-corrected chi connectivity index (χ3v) is 3.39. The smallest absolute Gasteiger partial charge is 0.243 e. The highest BCUT2D eigenvalue weighted by Gasteiger charge is 2.15. The second kappa shape index (κ2) is 5.18. The predicted molar refractivity (Wildman–Crippen MR) is 70.0 cm³/mol. The monoisotopic (exact) mass is 265 g/mol. The third kappa shape index (κ3) is 2.67. The van der Waals surface area contributed by atoms with Gasteiger partial charge in [0, 0.05) is 17.8 Å². The minimum atomic E-state index is -0.288. The Bertz CT molecular complexity index is 547. The predicted octanol–water partition coefficient (Wildman–Crippen LogP) is 1.11. The van der Waals surface area contributed by atoms with Crippen LogP contribution in [0.25, 0.3) is 0 Å². The molecule has 96 valence electrons. The Morgan fingerprint density at radius 1 is 1.67 bits per heavy atom. The quantitative estimate of drug-likeness (QED) is 0.867. The highest BCUT2D eigenvalue weighted by atomic mass is 32.1. The number of amides is 1. The van der Waals surface area contributed by atoms with Crippen molar-refractivity contribution in [3.63, 3.8) is 0 Å². The number of hydrogen-bond donors (Lipinski definition) is 2. The Hall–Kier alpha value is -1.89. The average Bonchev–Trinajstić information content (AvgIpc) is 2.94. The summed E-state index contributed by atoms with van der Waals surface area (Å²) in [5.41, 5.74) is 6.30.